The number of rotatable bonds is 8. The molecule has 1 fully saturated rings. The number of carbonyl (C=O) groups is 3. The molecule has 7 heteroatoms. The van der Waals surface area contributed by atoms with E-state index in [-0.39, 0.29) is 11.9 Å². The first-order chi connectivity index (χ1) is 13.5. The molecule has 0 bridgehead atoms. The summed E-state index contributed by atoms with van der Waals surface area (Å²) < 4.78 is 0. The maximum Gasteiger partial charge on any atom is 0.322 e. The van der Waals surface area contributed by atoms with Gasteiger partial charge in [-0.25, -0.2) is 0 Å². The molecule has 0 aromatic heterocycles. The summed E-state index contributed by atoms with van der Waals surface area (Å²) in [6.07, 6.45) is 0.310. The third kappa shape index (κ3) is 4.95. The van der Waals surface area contributed by atoms with Crippen LogP contribution in [-0.4, -0.2) is 41.0 Å². The fraction of sp³-hybridized carbons (Fsp3) is 0.286. The van der Waals surface area contributed by atoms with Gasteiger partial charge in [-0.3, -0.25) is 19.7 Å². The zero-order valence-electron chi connectivity index (χ0n) is 15.5. The highest BCUT2D eigenvalue weighted by Crippen LogP contribution is 2.14. The second-order valence-electron chi connectivity index (χ2n) is 6.85. The highest BCUT2D eigenvalue weighted by atomic mass is 16.4. The van der Waals surface area contributed by atoms with E-state index in [0.29, 0.717) is 6.42 Å². The van der Waals surface area contributed by atoms with Crippen molar-refractivity contribution in [2.75, 3.05) is 0 Å². The van der Waals surface area contributed by atoms with E-state index in [4.69, 9.17) is 5.11 Å². The number of hydrogen-bond donors (Lipinski definition) is 4. The Hall–Kier alpha value is -3.19. The van der Waals surface area contributed by atoms with Crippen LogP contribution >= 0.6 is 0 Å². The van der Waals surface area contributed by atoms with Crippen LogP contribution in [0.25, 0.3) is 0 Å². The molecule has 0 spiro atoms. The van der Waals surface area contributed by atoms with E-state index < -0.39 is 30.0 Å². The van der Waals surface area contributed by atoms with Gasteiger partial charge in [-0.2, -0.15) is 0 Å². The van der Waals surface area contributed by atoms with E-state index in [1.165, 1.54) is 0 Å². The number of carboxylic acid groups (broad SMARTS) is 1. The van der Waals surface area contributed by atoms with Gasteiger partial charge in [0.25, 0.3) is 0 Å². The van der Waals surface area contributed by atoms with E-state index in [0.717, 1.165) is 11.1 Å². The molecule has 2 aromatic carbocycles. The van der Waals surface area contributed by atoms with Gasteiger partial charge in [0.1, 0.15) is 18.1 Å². The van der Waals surface area contributed by atoms with E-state index in [2.05, 4.69) is 16.0 Å². The highest BCUT2D eigenvalue weighted by Gasteiger charge is 2.48. The lowest BCUT2D eigenvalue weighted by Gasteiger charge is -2.22. The van der Waals surface area contributed by atoms with Crippen molar-refractivity contribution >= 4 is 17.8 Å². The molecule has 1 aliphatic heterocycles. The topological polar surface area (TPSA) is 117 Å². The number of carboxylic acids is 1. The predicted molar refractivity (Wildman–Crippen MR) is 103 cm³/mol. The van der Waals surface area contributed by atoms with Crippen LogP contribution in [0.5, 0.6) is 0 Å². The van der Waals surface area contributed by atoms with E-state index in [1.54, 1.807) is 0 Å². The summed E-state index contributed by atoms with van der Waals surface area (Å²) in [5.74, 6) is -1.89. The maximum absolute atomic E-state index is 12.9. The quantitative estimate of drug-likeness (QED) is 0.509. The normalized spacial score (nSPS) is 19.9. The molecule has 4 N–H and O–H groups in total. The van der Waals surface area contributed by atoms with Crippen molar-refractivity contribution in [3.63, 3.8) is 0 Å². The van der Waals surface area contributed by atoms with Crippen LogP contribution in [0.3, 0.4) is 0 Å². The smallest absolute Gasteiger partial charge is 0.322 e. The second kappa shape index (κ2) is 8.67. The summed E-state index contributed by atoms with van der Waals surface area (Å²) in [5.41, 5.74) is 1.85. The maximum atomic E-state index is 12.9. The van der Waals surface area contributed by atoms with Gasteiger partial charge in [-0.1, -0.05) is 60.7 Å². The largest absolute Gasteiger partial charge is 0.480 e. The number of carbonyl (C=O) groups excluding carboxylic acids is 2. The first kappa shape index (κ1) is 19.6. The zero-order chi connectivity index (χ0) is 20.1. The lowest BCUT2D eigenvalue weighted by Crippen LogP contribution is -2.50. The molecular weight excluding hydrogens is 358 g/mol. The molecule has 7 nitrogen and oxygen atoms in total. The molecule has 1 aliphatic rings. The molecule has 0 radical (unpaired) electrons. The van der Waals surface area contributed by atoms with Crippen LogP contribution in [0.1, 0.15) is 24.1 Å². The van der Waals surface area contributed by atoms with Crippen molar-refractivity contribution in [1.82, 2.24) is 16.0 Å². The molecule has 0 saturated carbocycles. The standard InChI is InChI=1S/C21H23N3O4/c1-13(15-10-6-3-7-11-15)22-19(25)16(12-14-8-4-2-5-9-14)23-20(26)17-18(24-17)21(27)28/h2-11,13,16-18,24H,12H2,1H3,(H,22,25)(H,23,26)(H,27,28)/t13-,16+,17+,18+/m1/s1. The Labute approximate surface area is 163 Å². The third-order valence-corrected chi connectivity index (χ3v) is 4.71. The van der Waals surface area contributed by atoms with Crippen LogP contribution in [0, 0.1) is 0 Å². The Balaban J connectivity index is 1.69. The molecule has 2 aromatic rings. The molecule has 146 valence electrons. The molecule has 3 rings (SSSR count). The minimum Gasteiger partial charge on any atom is -0.480 e. The second-order valence-corrected chi connectivity index (χ2v) is 6.85. The van der Waals surface area contributed by atoms with Crippen LogP contribution < -0.4 is 16.0 Å². The van der Waals surface area contributed by atoms with Gasteiger partial charge in [0.15, 0.2) is 0 Å². The van der Waals surface area contributed by atoms with Crippen LogP contribution in [0.15, 0.2) is 60.7 Å². The van der Waals surface area contributed by atoms with Crippen molar-refractivity contribution in [3.8, 4) is 0 Å². The van der Waals surface area contributed by atoms with Gasteiger partial charge in [0.2, 0.25) is 11.8 Å². The van der Waals surface area contributed by atoms with Crippen LogP contribution in [0.4, 0.5) is 0 Å². The SMILES string of the molecule is C[C@@H](NC(=O)[C@H](Cc1ccccc1)NC(=O)[C@H]1N[C@@H]1C(=O)O)c1ccccc1. The van der Waals surface area contributed by atoms with Gasteiger partial charge in [-0.15, -0.1) is 0 Å². The molecule has 0 unspecified atom stereocenters. The Morgan fingerprint density at radius 1 is 0.964 bits per heavy atom. The summed E-state index contributed by atoms with van der Waals surface area (Å²) in [5, 5.41) is 17.2. The lowest BCUT2D eigenvalue weighted by atomic mass is 10.0. The van der Waals surface area contributed by atoms with Gasteiger partial charge in [0, 0.05) is 6.42 Å². The molecule has 1 saturated heterocycles. The molecule has 0 aliphatic carbocycles. The Kier molecular flexibility index (Phi) is 6.06. The minimum atomic E-state index is -1.08. The number of amides is 2. The average Bonchev–Trinajstić information content (AvgIpc) is 3.50. The average molecular weight is 381 g/mol. The van der Waals surface area contributed by atoms with E-state index >= 15 is 0 Å². The molecule has 1 heterocycles. The fourth-order valence-electron chi connectivity index (χ4n) is 3.04. The van der Waals surface area contributed by atoms with Crippen molar-refractivity contribution in [2.45, 2.75) is 37.5 Å². The molecular formula is C21H23N3O4. The molecule has 2 amide bonds. The third-order valence-electron chi connectivity index (χ3n) is 4.71. The van der Waals surface area contributed by atoms with Crippen molar-refractivity contribution < 1.29 is 19.5 Å². The number of aliphatic carboxylic acids is 1. The Morgan fingerprint density at radius 2 is 1.57 bits per heavy atom. The van der Waals surface area contributed by atoms with Gasteiger partial charge < -0.3 is 15.7 Å². The summed E-state index contributed by atoms with van der Waals surface area (Å²) in [6, 6.07) is 16.1. The van der Waals surface area contributed by atoms with E-state index in [9.17, 15) is 14.4 Å². The first-order valence-corrected chi connectivity index (χ1v) is 9.14. The highest BCUT2D eigenvalue weighted by molar-refractivity contribution is 5.97. The predicted octanol–water partition coefficient (Wildman–Crippen LogP) is 1.02. The van der Waals surface area contributed by atoms with Gasteiger partial charge in [0.05, 0.1) is 6.04 Å². The van der Waals surface area contributed by atoms with Crippen molar-refractivity contribution in [3.05, 3.63) is 71.8 Å². The minimum absolute atomic E-state index is 0.227. The van der Waals surface area contributed by atoms with Crippen molar-refractivity contribution in [2.24, 2.45) is 0 Å². The van der Waals surface area contributed by atoms with E-state index in [1.807, 2.05) is 67.6 Å². The summed E-state index contributed by atoms with van der Waals surface area (Å²) in [4.78, 5) is 36.2. The van der Waals surface area contributed by atoms with Gasteiger partial charge in [-0.05, 0) is 18.1 Å². The fourth-order valence-corrected chi connectivity index (χ4v) is 3.04. The lowest BCUT2D eigenvalue weighted by molar-refractivity contribution is -0.137. The zero-order valence-corrected chi connectivity index (χ0v) is 15.5. The molecule has 28 heavy (non-hydrogen) atoms. The summed E-state index contributed by atoms with van der Waals surface area (Å²) in [6.45, 7) is 1.87. The number of hydrogen-bond acceptors (Lipinski definition) is 4. The molecule has 4 atom stereocenters. The monoisotopic (exact) mass is 381 g/mol. The Bertz CT molecular complexity index is 841. The summed E-state index contributed by atoms with van der Waals surface area (Å²) in [7, 11) is 0. The number of benzene rings is 2. The summed E-state index contributed by atoms with van der Waals surface area (Å²) >= 11 is 0. The number of nitrogens with one attached hydrogen (secondary N) is 3. The first-order valence-electron chi connectivity index (χ1n) is 9.14. The van der Waals surface area contributed by atoms with Crippen LogP contribution in [0.2, 0.25) is 0 Å². The Morgan fingerprint density at radius 3 is 2.14 bits per heavy atom. The van der Waals surface area contributed by atoms with Crippen molar-refractivity contribution in [1.29, 1.82) is 0 Å². The van der Waals surface area contributed by atoms with Crippen LogP contribution in [-0.2, 0) is 20.8 Å². The van der Waals surface area contributed by atoms with Gasteiger partial charge >= 0.3 is 5.97 Å².